The van der Waals surface area contributed by atoms with E-state index >= 15 is 0 Å². The van der Waals surface area contributed by atoms with E-state index in [1.54, 1.807) is 18.3 Å². The molecule has 100 valence electrons. The molecule has 0 spiro atoms. The highest BCUT2D eigenvalue weighted by Gasteiger charge is 2.07. The summed E-state index contributed by atoms with van der Waals surface area (Å²) in [5.41, 5.74) is 1.84. The van der Waals surface area contributed by atoms with Crippen molar-refractivity contribution in [2.24, 2.45) is 0 Å². The number of nitro groups is 1. The molecule has 2 aromatic rings. The van der Waals surface area contributed by atoms with Crippen LogP contribution in [-0.4, -0.2) is 21.4 Å². The Morgan fingerprint density at radius 1 is 1.37 bits per heavy atom. The van der Waals surface area contributed by atoms with Crippen LogP contribution in [0.25, 0.3) is 11.3 Å². The van der Waals surface area contributed by atoms with Gasteiger partial charge in [-0.15, -0.1) is 0 Å². The standard InChI is InChI=1S/C13H16N4O2/c1-2-7-14-9-13-15-8-12(16-13)10-3-5-11(6-4-10)17(18)19/h3-6,8,14H,2,7,9H2,1H3,(H,15,16). The Labute approximate surface area is 111 Å². The predicted octanol–water partition coefficient (Wildman–Crippen LogP) is 2.48. The fraction of sp³-hybridized carbons (Fsp3) is 0.308. The van der Waals surface area contributed by atoms with Crippen LogP contribution in [0.2, 0.25) is 0 Å². The van der Waals surface area contributed by atoms with Crippen molar-refractivity contribution >= 4 is 5.69 Å². The average molecular weight is 260 g/mol. The molecule has 0 aliphatic carbocycles. The number of H-pyrrole nitrogens is 1. The minimum absolute atomic E-state index is 0.0908. The van der Waals surface area contributed by atoms with Crippen LogP contribution in [0.4, 0.5) is 5.69 Å². The molecule has 2 N–H and O–H groups in total. The first-order valence-corrected chi connectivity index (χ1v) is 6.20. The van der Waals surface area contributed by atoms with Gasteiger partial charge in [0.05, 0.1) is 23.4 Å². The molecule has 0 fully saturated rings. The summed E-state index contributed by atoms with van der Waals surface area (Å²) in [6, 6.07) is 6.42. The molecule has 0 bridgehead atoms. The second-order valence-electron chi connectivity index (χ2n) is 4.22. The Balaban J connectivity index is 2.07. The molecule has 6 nitrogen and oxygen atoms in total. The molecule has 2 rings (SSSR count). The molecule has 1 aromatic heterocycles. The van der Waals surface area contributed by atoms with E-state index in [-0.39, 0.29) is 5.69 Å². The van der Waals surface area contributed by atoms with Crippen molar-refractivity contribution in [1.82, 2.24) is 15.3 Å². The Morgan fingerprint density at radius 3 is 2.74 bits per heavy atom. The minimum atomic E-state index is -0.406. The molecule has 1 heterocycles. The van der Waals surface area contributed by atoms with Crippen molar-refractivity contribution in [3.63, 3.8) is 0 Å². The summed E-state index contributed by atoms with van der Waals surface area (Å²) >= 11 is 0. The number of rotatable bonds is 6. The van der Waals surface area contributed by atoms with Crippen LogP contribution in [0.1, 0.15) is 19.2 Å². The summed E-state index contributed by atoms with van der Waals surface area (Å²) in [6.07, 6.45) is 2.82. The van der Waals surface area contributed by atoms with Gasteiger partial charge in [0.25, 0.3) is 5.69 Å². The van der Waals surface area contributed by atoms with Gasteiger partial charge in [0.15, 0.2) is 0 Å². The van der Waals surface area contributed by atoms with E-state index in [0.717, 1.165) is 30.0 Å². The molecule has 0 amide bonds. The predicted molar refractivity (Wildman–Crippen MR) is 72.7 cm³/mol. The number of aromatic nitrogens is 2. The normalized spacial score (nSPS) is 10.6. The summed E-state index contributed by atoms with van der Waals surface area (Å²) in [5.74, 6) is 0.863. The van der Waals surface area contributed by atoms with Gasteiger partial charge in [-0.05, 0) is 25.1 Å². The van der Waals surface area contributed by atoms with Crippen LogP contribution in [0, 0.1) is 10.1 Å². The molecule has 19 heavy (non-hydrogen) atoms. The second kappa shape index (κ2) is 6.10. The van der Waals surface area contributed by atoms with Crippen LogP contribution in [-0.2, 0) is 6.54 Å². The SMILES string of the molecule is CCCNCc1ncc(-c2ccc([N+](=O)[O-])cc2)[nH]1. The fourth-order valence-electron chi connectivity index (χ4n) is 1.75. The number of nitrogens with zero attached hydrogens (tertiary/aromatic N) is 2. The second-order valence-corrected chi connectivity index (χ2v) is 4.22. The fourth-order valence-corrected chi connectivity index (χ4v) is 1.75. The van der Waals surface area contributed by atoms with Crippen molar-refractivity contribution < 1.29 is 4.92 Å². The van der Waals surface area contributed by atoms with E-state index in [0.29, 0.717) is 6.54 Å². The highest BCUT2D eigenvalue weighted by molar-refractivity contribution is 5.60. The highest BCUT2D eigenvalue weighted by Crippen LogP contribution is 2.20. The zero-order chi connectivity index (χ0) is 13.7. The Hall–Kier alpha value is -2.21. The van der Waals surface area contributed by atoms with E-state index in [2.05, 4.69) is 22.2 Å². The first-order chi connectivity index (χ1) is 9.20. The van der Waals surface area contributed by atoms with Gasteiger partial charge in [-0.3, -0.25) is 10.1 Å². The van der Waals surface area contributed by atoms with Gasteiger partial charge < -0.3 is 10.3 Å². The topological polar surface area (TPSA) is 83.8 Å². The quantitative estimate of drug-likeness (QED) is 0.475. The van der Waals surface area contributed by atoms with E-state index in [9.17, 15) is 10.1 Å². The maximum atomic E-state index is 10.6. The lowest BCUT2D eigenvalue weighted by Gasteiger charge is -1.99. The number of non-ortho nitro benzene ring substituents is 1. The third kappa shape index (κ3) is 3.38. The molecular weight excluding hydrogens is 244 g/mol. The number of imidazole rings is 1. The van der Waals surface area contributed by atoms with Gasteiger partial charge in [0.2, 0.25) is 0 Å². The molecule has 0 saturated carbocycles. The van der Waals surface area contributed by atoms with Crippen molar-refractivity contribution in [3.8, 4) is 11.3 Å². The van der Waals surface area contributed by atoms with Crippen molar-refractivity contribution in [2.45, 2.75) is 19.9 Å². The van der Waals surface area contributed by atoms with Gasteiger partial charge in [-0.1, -0.05) is 6.92 Å². The Morgan fingerprint density at radius 2 is 2.11 bits per heavy atom. The van der Waals surface area contributed by atoms with Crippen LogP contribution in [0.15, 0.2) is 30.5 Å². The zero-order valence-corrected chi connectivity index (χ0v) is 10.7. The minimum Gasteiger partial charge on any atom is -0.341 e. The molecule has 1 aromatic carbocycles. The summed E-state index contributed by atoms with van der Waals surface area (Å²) < 4.78 is 0. The number of nitrogens with one attached hydrogen (secondary N) is 2. The Bertz CT molecular complexity index is 548. The summed E-state index contributed by atoms with van der Waals surface area (Å²) in [4.78, 5) is 17.6. The lowest BCUT2D eigenvalue weighted by Crippen LogP contribution is -2.14. The van der Waals surface area contributed by atoms with E-state index in [1.165, 1.54) is 12.1 Å². The molecule has 0 unspecified atom stereocenters. The number of benzene rings is 1. The monoisotopic (exact) mass is 260 g/mol. The van der Waals surface area contributed by atoms with Gasteiger partial charge in [-0.25, -0.2) is 4.98 Å². The molecular formula is C13H16N4O2. The van der Waals surface area contributed by atoms with Crippen molar-refractivity contribution in [3.05, 3.63) is 46.4 Å². The van der Waals surface area contributed by atoms with Gasteiger partial charge >= 0.3 is 0 Å². The lowest BCUT2D eigenvalue weighted by atomic mass is 10.1. The lowest BCUT2D eigenvalue weighted by molar-refractivity contribution is -0.384. The van der Waals surface area contributed by atoms with Crippen molar-refractivity contribution in [1.29, 1.82) is 0 Å². The van der Waals surface area contributed by atoms with Gasteiger partial charge in [0, 0.05) is 17.7 Å². The van der Waals surface area contributed by atoms with Crippen LogP contribution >= 0.6 is 0 Å². The molecule has 0 saturated heterocycles. The number of aromatic amines is 1. The molecule has 0 aliphatic rings. The van der Waals surface area contributed by atoms with E-state index in [4.69, 9.17) is 0 Å². The first kappa shape index (κ1) is 13.2. The summed E-state index contributed by atoms with van der Waals surface area (Å²) in [7, 11) is 0. The number of hydrogen-bond acceptors (Lipinski definition) is 4. The summed E-state index contributed by atoms with van der Waals surface area (Å²) in [5, 5.41) is 13.8. The smallest absolute Gasteiger partial charge is 0.269 e. The van der Waals surface area contributed by atoms with E-state index < -0.39 is 4.92 Å². The molecule has 6 heteroatoms. The third-order valence-electron chi connectivity index (χ3n) is 2.74. The third-order valence-corrected chi connectivity index (χ3v) is 2.74. The largest absolute Gasteiger partial charge is 0.341 e. The molecule has 0 radical (unpaired) electrons. The highest BCUT2D eigenvalue weighted by atomic mass is 16.6. The van der Waals surface area contributed by atoms with Crippen molar-refractivity contribution in [2.75, 3.05) is 6.54 Å². The molecule has 0 aliphatic heterocycles. The van der Waals surface area contributed by atoms with Crippen LogP contribution in [0.5, 0.6) is 0 Å². The van der Waals surface area contributed by atoms with E-state index in [1.807, 2.05) is 0 Å². The maximum absolute atomic E-state index is 10.6. The van der Waals surface area contributed by atoms with Crippen LogP contribution in [0.3, 0.4) is 0 Å². The number of nitro benzene ring substituents is 1. The maximum Gasteiger partial charge on any atom is 0.269 e. The van der Waals surface area contributed by atoms with Gasteiger partial charge in [-0.2, -0.15) is 0 Å². The average Bonchev–Trinajstić information content (AvgIpc) is 2.88. The van der Waals surface area contributed by atoms with Gasteiger partial charge in [0.1, 0.15) is 5.82 Å². The molecule has 0 atom stereocenters. The summed E-state index contributed by atoms with van der Waals surface area (Å²) in [6.45, 7) is 3.76. The van der Waals surface area contributed by atoms with Crippen LogP contribution < -0.4 is 5.32 Å². The number of hydrogen-bond donors (Lipinski definition) is 2. The first-order valence-electron chi connectivity index (χ1n) is 6.20. The Kier molecular flexibility index (Phi) is 4.25. The zero-order valence-electron chi connectivity index (χ0n) is 10.7.